The molecule has 2 N–H and O–H groups in total. The van der Waals surface area contributed by atoms with Crippen molar-refractivity contribution in [1.29, 1.82) is 0 Å². The van der Waals surface area contributed by atoms with Crippen molar-refractivity contribution in [3.63, 3.8) is 0 Å². The van der Waals surface area contributed by atoms with Gasteiger partial charge in [0.25, 0.3) is 0 Å². The third-order valence-electron chi connectivity index (χ3n) is 2.04. The fourth-order valence-corrected chi connectivity index (χ4v) is 1.34. The zero-order valence-corrected chi connectivity index (χ0v) is 9.19. The van der Waals surface area contributed by atoms with E-state index in [4.69, 9.17) is 4.74 Å². The molecular weight excluding hydrogens is 206 g/mol. The van der Waals surface area contributed by atoms with Crippen molar-refractivity contribution >= 4 is 5.82 Å². The number of hydrogen-bond donors (Lipinski definition) is 2. The van der Waals surface area contributed by atoms with Crippen molar-refractivity contribution in [3.8, 4) is 11.6 Å². The molecule has 2 aromatic rings. The Morgan fingerprint density at radius 3 is 2.94 bits per heavy atom. The van der Waals surface area contributed by atoms with Crippen LogP contribution in [0.5, 0.6) is 0 Å². The number of methoxy groups -OCH3 is 1. The van der Waals surface area contributed by atoms with E-state index in [2.05, 4.69) is 25.3 Å². The van der Waals surface area contributed by atoms with Gasteiger partial charge in [0.15, 0.2) is 11.6 Å². The predicted molar refractivity (Wildman–Crippen MR) is 59.9 cm³/mol. The molecule has 0 saturated heterocycles. The molecule has 2 aromatic heterocycles. The minimum Gasteiger partial charge on any atom is -0.378 e. The van der Waals surface area contributed by atoms with Crippen LogP contribution in [0.4, 0.5) is 5.82 Å². The smallest absolute Gasteiger partial charge is 0.197 e. The Morgan fingerprint density at radius 2 is 2.31 bits per heavy atom. The summed E-state index contributed by atoms with van der Waals surface area (Å²) in [7, 11) is 3.44. The summed E-state index contributed by atoms with van der Waals surface area (Å²) in [5.41, 5.74) is 0.813. The zero-order chi connectivity index (χ0) is 11.4. The molecular formula is C10H13N5O. The van der Waals surface area contributed by atoms with E-state index >= 15 is 0 Å². The second-order valence-electron chi connectivity index (χ2n) is 3.19. The zero-order valence-electron chi connectivity index (χ0n) is 9.19. The Balaban J connectivity index is 2.41. The average Bonchev–Trinajstić information content (AvgIpc) is 2.82. The first-order chi connectivity index (χ1) is 7.83. The van der Waals surface area contributed by atoms with Gasteiger partial charge in [-0.2, -0.15) is 0 Å². The molecule has 0 bridgehead atoms. The summed E-state index contributed by atoms with van der Waals surface area (Å²) >= 11 is 0. The van der Waals surface area contributed by atoms with E-state index in [1.165, 1.54) is 0 Å². The first-order valence-electron chi connectivity index (χ1n) is 4.88. The third kappa shape index (κ3) is 2.17. The summed E-state index contributed by atoms with van der Waals surface area (Å²) in [6.07, 6.45) is 3.40. The highest BCUT2D eigenvalue weighted by atomic mass is 16.5. The first-order valence-corrected chi connectivity index (χ1v) is 4.88. The van der Waals surface area contributed by atoms with Crippen LogP contribution in [0.3, 0.4) is 0 Å². The maximum Gasteiger partial charge on any atom is 0.197 e. The highest BCUT2D eigenvalue weighted by Crippen LogP contribution is 2.14. The lowest BCUT2D eigenvalue weighted by atomic mass is 10.4. The van der Waals surface area contributed by atoms with E-state index < -0.39 is 0 Å². The number of aromatic amines is 1. The van der Waals surface area contributed by atoms with Gasteiger partial charge in [0.2, 0.25) is 0 Å². The van der Waals surface area contributed by atoms with Gasteiger partial charge in [-0.1, -0.05) is 0 Å². The molecule has 0 spiro atoms. The third-order valence-corrected chi connectivity index (χ3v) is 2.04. The number of nitrogens with one attached hydrogen (secondary N) is 2. The lowest BCUT2D eigenvalue weighted by molar-refractivity contribution is 0.181. The molecule has 0 aliphatic carbocycles. The van der Waals surface area contributed by atoms with Gasteiger partial charge in [0.05, 0.1) is 12.3 Å². The van der Waals surface area contributed by atoms with Gasteiger partial charge in [0.1, 0.15) is 5.82 Å². The number of nitrogens with zero attached hydrogens (tertiary/aromatic N) is 3. The van der Waals surface area contributed by atoms with E-state index in [0.717, 1.165) is 11.5 Å². The summed E-state index contributed by atoms with van der Waals surface area (Å²) in [5.74, 6) is 1.95. The molecule has 0 aliphatic rings. The fraction of sp³-hybridized carbons (Fsp3) is 0.300. The summed E-state index contributed by atoms with van der Waals surface area (Å²) < 4.78 is 5.05. The molecule has 6 nitrogen and oxygen atoms in total. The number of imidazole rings is 1. The maximum absolute atomic E-state index is 5.05. The summed E-state index contributed by atoms with van der Waals surface area (Å²) in [4.78, 5) is 15.7. The van der Waals surface area contributed by atoms with Crippen LogP contribution in [0.2, 0.25) is 0 Å². The molecule has 6 heteroatoms. The number of anilines is 1. The first kappa shape index (κ1) is 10.6. The monoisotopic (exact) mass is 219 g/mol. The second-order valence-corrected chi connectivity index (χ2v) is 3.19. The van der Waals surface area contributed by atoms with Crippen molar-refractivity contribution in [3.05, 3.63) is 24.2 Å². The molecule has 84 valence electrons. The summed E-state index contributed by atoms with van der Waals surface area (Å²) in [6, 6.07) is 1.84. The fourth-order valence-electron chi connectivity index (χ4n) is 1.34. The van der Waals surface area contributed by atoms with Crippen LogP contribution in [-0.2, 0) is 11.3 Å². The van der Waals surface area contributed by atoms with E-state index in [-0.39, 0.29) is 0 Å². The number of aromatic nitrogens is 4. The largest absolute Gasteiger partial charge is 0.378 e. The molecule has 0 atom stereocenters. The van der Waals surface area contributed by atoms with E-state index in [9.17, 15) is 0 Å². The predicted octanol–water partition coefficient (Wildman–Crippen LogP) is 1.05. The van der Waals surface area contributed by atoms with Gasteiger partial charge in [-0.3, -0.25) is 0 Å². The van der Waals surface area contributed by atoms with Crippen molar-refractivity contribution in [2.24, 2.45) is 0 Å². The van der Waals surface area contributed by atoms with E-state index in [0.29, 0.717) is 18.3 Å². The molecule has 0 aliphatic heterocycles. The van der Waals surface area contributed by atoms with Crippen molar-refractivity contribution in [2.45, 2.75) is 6.61 Å². The summed E-state index contributed by atoms with van der Waals surface area (Å²) in [5, 5.41) is 2.98. The van der Waals surface area contributed by atoms with Crippen LogP contribution >= 0.6 is 0 Å². The van der Waals surface area contributed by atoms with Crippen LogP contribution in [0.25, 0.3) is 11.6 Å². The highest BCUT2D eigenvalue weighted by Gasteiger charge is 2.07. The molecule has 0 fully saturated rings. The Kier molecular flexibility index (Phi) is 3.11. The van der Waals surface area contributed by atoms with Gasteiger partial charge < -0.3 is 15.0 Å². The Morgan fingerprint density at radius 1 is 1.44 bits per heavy atom. The van der Waals surface area contributed by atoms with E-state index in [1.807, 2.05) is 13.1 Å². The van der Waals surface area contributed by atoms with Gasteiger partial charge in [-0.15, -0.1) is 0 Å². The lowest BCUT2D eigenvalue weighted by Crippen LogP contribution is -2.02. The SMILES string of the molecule is CNc1cc(COC)nc(-c2ncc[nH]2)n1. The number of H-pyrrole nitrogens is 1. The molecule has 0 amide bonds. The van der Waals surface area contributed by atoms with Crippen molar-refractivity contribution in [2.75, 3.05) is 19.5 Å². The van der Waals surface area contributed by atoms with Gasteiger partial charge in [-0.25, -0.2) is 15.0 Å². The molecule has 2 rings (SSSR count). The van der Waals surface area contributed by atoms with Gasteiger partial charge >= 0.3 is 0 Å². The Hall–Kier alpha value is -1.95. The Bertz CT molecular complexity index is 454. The second kappa shape index (κ2) is 4.71. The molecule has 0 unspecified atom stereocenters. The quantitative estimate of drug-likeness (QED) is 0.804. The molecule has 0 aromatic carbocycles. The lowest BCUT2D eigenvalue weighted by Gasteiger charge is -2.05. The standard InChI is InChI=1S/C10H13N5O/c1-11-8-5-7(6-16-2)14-10(15-8)9-12-3-4-13-9/h3-5H,6H2,1-2H3,(H,12,13)(H,11,14,15). The molecule has 2 heterocycles. The number of hydrogen-bond acceptors (Lipinski definition) is 5. The Labute approximate surface area is 93.1 Å². The molecule has 0 radical (unpaired) electrons. The van der Waals surface area contributed by atoms with Crippen LogP contribution in [0.1, 0.15) is 5.69 Å². The highest BCUT2D eigenvalue weighted by molar-refractivity contribution is 5.48. The number of ether oxygens (including phenoxy) is 1. The number of rotatable bonds is 4. The maximum atomic E-state index is 5.05. The minimum atomic E-state index is 0.449. The average molecular weight is 219 g/mol. The van der Waals surface area contributed by atoms with Gasteiger partial charge in [-0.05, 0) is 0 Å². The molecule has 0 saturated carbocycles. The molecule has 16 heavy (non-hydrogen) atoms. The van der Waals surface area contributed by atoms with Crippen LogP contribution in [0, 0.1) is 0 Å². The topological polar surface area (TPSA) is 75.7 Å². The van der Waals surface area contributed by atoms with Crippen LogP contribution in [-0.4, -0.2) is 34.1 Å². The normalized spacial score (nSPS) is 10.4. The van der Waals surface area contributed by atoms with Crippen molar-refractivity contribution < 1.29 is 4.74 Å². The minimum absolute atomic E-state index is 0.449. The van der Waals surface area contributed by atoms with Crippen LogP contribution in [0.15, 0.2) is 18.5 Å². The van der Waals surface area contributed by atoms with Crippen LogP contribution < -0.4 is 5.32 Å². The van der Waals surface area contributed by atoms with E-state index in [1.54, 1.807) is 19.5 Å². The summed E-state index contributed by atoms with van der Waals surface area (Å²) in [6.45, 7) is 0.449. The van der Waals surface area contributed by atoms with Gasteiger partial charge in [0, 0.05) is 32.6 Å². The van der Waals surface area contributed by atoms with Crippen molar-refractivity contribution in [1.82, 2.24) is 19.9 Å².